The van der Waals surface area contributed by atoms with Gasteiger partial charge in [-0.2, -0.15) is 26.3 Å². The van der Waals surface area contributed by atoms with Crippen LogP contribution in [0.5, 0.6) is 0 Å². The van der Waals surface area contributed by atoms with Crippen molar-refractivity contribution in [2.75, 3.05) is 20.2 Å². The van der Waals surface area contributed by atoms with E-state index >= 15 is 0 Å². The van der Waals surface area contributed by atoms with Crippen molar-refractivity contribution in [3.8, 4) is 0 Å². The predicted molar refractivity (Wildman–Crippen MR) is 93.8 cm³/mol. The van der Waals surface area contributed by atoms with Crippen molar-refractivity contribution in [2.24, 2.45) is 0 Å². The molecule has 0 heterocycles. The summed E-state index contributed by atoms with van der Waals surface area (Å²) >= 11 is 0. The van der Waals surface area contributed by atoms with Crippen LogP contribution in [-0.4, -0.2) is 20.2 Å². The van der Waals surface area contributed by atoms with E-state index < -0.39 is 23.5 Å². The molecule has 154 valence electrons. The molecule has 2 aromatic rings. The van der Waals surface area contributed by atoms with Crippen molar-refractivity contribution < 1.29 is 31.1 Å². The third-order valence-corrected chi connectivity index (χ3v) is 4.25. The van der Waals surface area contributed by atoms with Crippen LogP contribution in [-0.2, 0) is 23.7 Å². The Morgan fingerprint density at radius 2 is 1.46 bits per heavy atom. The summed E-state index contributed by atoms with van der Waals surface area (Å²) in [6.45, 7) is 0.546. The van der Waals surface area contributed by atoms with E-state index in [0.29, 0.717) is 18.7 Å². The Hall–Kier alpha value is -2.06. The minimum atomic E-state index is -4.87. The molecule has 0 spiro atoms. The second-order valence-electron chi connectivity index (χ2n) is 6.43. The summed E-state index contributed by atoms with van der Waals surface area (Å²) < 4.78 is 83.1. The average Bonchev–Trinajstić information content (AvgIpc) is 2.63. The second kappa shape index (κ2) is 9.43. The molecule has 0 saturated heterocycles. The highest BCUT2D eigenvalue weighted by Gasteiger charge is 2.36. The smallest absolute Gasteiger partial charge is 0.376 e. The molecule has 0 bridgehead atoms. The van der Waals surface area contributed by atoms with Gasteiger partial charge in [0, 0.05) is 5.92 Å². The molecule has 0 aliphatic heterocycles. The molecular formula is C20H21F6NO. The summed E-state index contributed by atoms with van der Waals surface area (Å²) in [5.41, 5.74) is -1.84. The van der Waals surface area contributed by atoms with Gasteiger partial charge in [-0.25, -0.2) is 0 Å². The topological polar surface area (TPSA) is 21.3 Å². The van der Waals surface area contributed by atoms with Gasteiger partial charge in [0.1, 0.15) is 0 Å². The van der Waals surface area contributed by atoms with Gasteiger partial charge >= 0.3 is 12.4 Å². The number of nitrogens with one attached hydrogen (secondary N) is 1. The first-order chi connectivity index (χ1) is 13.1. The van der Waals surface area contributed by atoms with Gasteiger partial charge in [-0.1, -0.05) is 30.3 Å². The Morgan fingerprint density at radius 3 is 1.96 bits per heavy atom. The lowest BCUT2D eigenvalue weighted by molar-refractivity contribution is -0.143. The highest BCUT2D eigenvalue weighted by molar-refractivity contribution is 5.33. The minimum Gasteiger partial charge on any atom is -0.376 e. The lowest BCUT2D eigenvalue weighted by atomic mass is 9.96. The highest BCUT2D eigenvalue weighted by atomic mass is 19.4. The highest BCUT2D eigenvalue weighted by Crippen LogP contribution is 2.36. The maximum Gasteiger partial charge on any atom is 0.416 e. The van der Waals surface area contributed by atoms with Crippen molar-refractivity contribution in [3.05, 3.63) is 70.8 Å². The van der Waals surface area contributed by atoms with Gasteiger partial charge in [0.15, 0.2) is 0 Å². The fourth-order valence-corrected chi connectivity index (χ4v) is 2.81. The molecule has 0 fully saturated rings. The van der Waals surface area contributed by atoms with Gasteiger partial charge in [0.25, 0.3) is 0 Å². The van der Waals surface area contributed by atoms with E-state index in [0.717, 1.165) is 12.0 Å². The number of halogens is 6. The van der Waals surface area contributed by atoms with Crippen LogP contribution < -0.4 is 5.32 Å². The third-order valence-electron chi connectivity index (χ3n) is 4.25. The lowest BCUT2D eigenvalue weighted by Crippen LogP contribution is -2.16. The van der Waals surface area contributed by atoms with Crippen molar-refractivity contribution in [1.29, 1.82) is 0 Å². The standard InChI is InChI=1S/C20H21F6NO/c1-27-8-7-16(15-5-3-2-4-6-15)13-28-12-14-9-17(19(21,22)23)11-18(10-14)20(24,25)26/h2-6,9-11,16,27H,7-8,12-13H2,1H3. The Morgan fingerprint density at radius 1 is 0.893 bits per heavy atom. The third kappa shape index (κ3) is 6.53. The minimum absolute atomic E-state index is 0.0264. The first kappa shape index (κ1) is 22.2. The van der Waals surface area contributed by atoms with Gasteiger partial charge in [0.05, 0.1) is 24.3 Å². The van der Waals surface area contributed by atoms with E-state index in [4.69, 9.17) is 4.74 Å². The maximum atomic E-state index is 12.9. The SMILES string of the molecule is CNCCC(COCc1cc(C(F)(F)F)cc(C(F)(F)F)c1)c1ccccc1. The quantitative estimate of drug-likeness (QED) is 0.575. The molecule has 0 radical (unpaired) electrons. The largest absolute Gasteiger partial charge is 0.416 e. The fourth-order valence-electron chi connectivity index (χ4n) is 2.81. The van der Waals surface area contributed by atoms with Crippen LogP contribution in [0.25, 0.3) is 0 Å². The Kier molecular flexibility index (Phi) is 7.48. The van der Waals surface area contributed by atoms with Crippen molar-refractivity contribution >= 4 is 0 Å². The molecule has 0 amide bonds. The summed E-state index contributed by atoms with van der Waals surface area (Å²) in [5.74, 6) is -0.0264. The lowest BCUT2D eigenvalue weighted by Gasteiger charge is -2.18. The number of benzene rings is 2. The Labute approximate surface area is 159 Å². The number of alkyl halides is 6. The van der Waals surface area contributed by atoms with E-state index in [1.807, 2.05) is 30.3 Å². The summed E-state index contributed by atoms with van der Waals surface area (Å²) in [6, 6.07) is 10.9. The maximum absolute atomic E-state index is 12.9. The zero-order valence-corrected chi connectivity index (χ0v) is 15.2. The molecule has 8 heteroatoms. The van der Waals surface area contributed by atoms with Crippen LogP contribution in [0.3, 0.4) is 0 Å². The molecule has 1 atom stereocenters. The van der Waals surface area contributed by atoms with E-state index in [-0.39, 0.29) is 30.8 Å². The zero-order valence-electron chi connectivity index (χ0n) is 15.2. The number of rotatable bonds is 8. The zero-order chi connectivity index (χ0) is 20.8. The van der Waals surface area contributed by atoms with Crippen LogP contribution in [0.15, 0.2) is 48.5 Å². The molecule has 0 saturated carbocycles. The summed E-state index contributed by atoms with van der Waals surface area (Å²) in [5, 5.41) is 3.02. The molecule has 28 heavy (non-hydrogen) atoms. The summed E-state index contributed by atoms with van der Waals surface area (Å²) in [7, 11) is 1.80. The van der Waals surface area contributed by atoms with Crippen LogP contribution in [0, 0.1) is 0 Å². The summed E-state index contributed by atoms with van der Waals surface area (Å²) in [4.78, 5) is 0. The van der Waals surface area contributed by atoms with Gasteiger partial charge in [-0.3, -0.25) is 0 Å². The first-order valence-corrected chi connectivity index (χ1v) is 8.67. The van der Waals surface area contributed by atoms with Crippen molar-refractivity contribution in [1.82, 2.24) is 5.32 Å². The average molecular weight is 405 g/mol. The van der Waals surface area contributed by atoms with E-state index in [2.05, 4.69) is 5.32 Å². The van der Waals surface area contributed by atoms with Crippen LogP contribution >= 0.6 is 0 Å². The van der Waals surface area contributed by atoms with E-state index in [1.165, 1.54) is 0 Å². The van der Waals surface area contributed by atoms with Gasteiger partial charge in [-0.05, 0) is 49.3 Å². The molecule has 2 aromatic carbocycles. The molecule has 2 rings (SSSR count). The first-order valence-electron chi connectivity index (χ1n) is 8.67. The Bertz CT molecular complexity index is 710. The fraction of sp³-hybridized carbons (Fsp3) is 0.400. The van der Waals surface area contributed by atoms with E-state index in [9.17, 15) is 26.3 Å². The molecule has 0 aromatic heterocycles. The van der Waals surface area contributed by atoms with Crippen LogP contribution in [0.1, 0.15) is 34.6 Å². The molecule has 0 aliphatic carbocycles. The predicted octanol–water partition coefficient (Wildman–Crippen LogP) is 5.63. The summed E-state index contributed by atoms with van der Waals surface area (Å²) in [6.07, 6.45) is -9.01. The van der Waals surface area contributed by atoms with Crippen molar-refractivity contribution in [2.45, 2.75) is 31.3 Å². The van der Waals surface area contributed by atoms with Gasteiger partial charge < -0.3 is 10.1 Å². The molecule has 2 nitrogen and oxygen atoms in total. The van der Waals surface area contributed by atoms with E-state index in [1.54, 1.807) is 7.05 Å². The number of ether oxygens (including phenoxy) is 1. The Balaban J connectivity index is 2.13. The molecule has 1 unspecified atom stereocenters. The van der Waals surface area contributed by atoms with Crippen molar-refractivity contribution in [3.63, 3.8) is 0 Å². The molecular weight excluding hydrogens is 384 g/mol. The number of hydrogen-bond donors (Lipinski definition) is 1. The van der Waals surface area contributed by atoms with Gasteiger partial charge in [0.2, 0.25) is 0 Å². The monoisotopic (exact) mass is 405 g/mol. The second-order valence-corrected chi connectivity index (χ2v) is 6.43. The normalized spacial score (nSPS) is 13.5. The number of hydrogen-bond acceptors (Lipinski definition) is 2. The van der Waals surface area contributed by atoms with Crippen LogP contribution in [0.2, 0.25) is 0 Å². The van der Waals surface area contributed by atoms with Crippen LogP contribution in [0.4, 0.5) is 26.3 Å². The molecule has 1 N–H and O–H groups in total. The molecule has 0 aliphatic rings. The van der Waals surface area contributed by atoms with Gasteiger partial charge in [-0.15, -0.1) is 0 Å².